The number of rotatable bonds is 3. The van der Waals surface area contributed by atoms with Gasteiger partial charge in [-0.25, -0.2) is 0 Å². The van der Waals surface area contributed by atoms with E-state index in [9.17, 15) is 0 Å². The van der Waals surface area contributed by atoms with Crippen molar-refractivity contribution in [3.8, 4) is 0 Å². The van der Waals surface area contributed by atoms with Crippen molar-refractivity contribution < 1.29 is 0 Å². The fraction of sp³-hybridized carbons (Fsp3) is 0.400. The monoisotopic (exact) mass is 275 g/mol. The van der Waals surface area contributed by atoms with Gasteiger partial charge in [-0.1, -0.05) is 17.7 Å². The highest BCUT2D eigenvalue weighted by Crippen LogP contribution is 2.25. The van der Waals surface area contributed by atoms with Gasteiger partial charge in [-0.3, -0.25) is 4.68 Å². The topological polar surface area (TPSA) is 29.9 Å². The highest BCUT2D eigenvalue weighted by atomic mass is 35.5. The molecule has 1 aliphatic rings. The Hall–Kier alpha value is -1.32. The molecule has 1 heterocycles. The molecule has 0 aliphatic heterocycles. The number of benzene rings is 1. The summed E-state index contributed by atoms with van der Waals surface area (Å²) < 4.78 is 1.92. The molecule has 4 heteroatoms. The first-order chi connectivity index (χ1) is 9.13. The van der Waals surface area contributed by atoms with E-state index >= 15 is 0 Å². The van der Waals surface area contributed by atoms with Gasteiger partial charge in [0.05, 0.1) is 6.20 Å². The van der Waals surface area contributed by atoms with Crippen LogP contribution in [0, 0.1) is 6.92 Å². The third-order valence-corrected chi connectivity index (χ3v) is 4.25. The summed E-state index contributed by atoms with van der Waals surface area (Å²) in [5.74, 6) is 0. The van der Waals surface area contributed by atoms with Crippen LogP contribution in [0.5, 0.6) is 0 Å². The molecule has 1 N–H and O–H groups in total. The Morgan fingerprint density at radius 1 is 1.37 bits per heavy atom. The van der Waals surface area contributed by atoms with E-state index in [0.717, 1.165) is 24.4 Å². The summed E-state index contributed by atoms with van der Waals surface area (Å²) in [6.07, 6.45) is 4.10. The molecule has 3 rings (SSSR count). The van der Waals surface area contributed by atoms with E-state index in [4.69, 9.17) is 11.6 Å². The normalized spacial score (nSPS) is 17.7. The molecule has 100 valence electrons. The Balaban J connectivity index is 1.63. The smallest absolute Gasteiger partial charge is 0.0537 e. The number of aryl methyl sites for hydroxylation is 1. The molecular weight excluding hydrogens is 258 g/mol. The molecule has 1 atom stereocenters. The van der Waals surface area contributed by atoms with E-state index in [2.05, 4.69) is 29.5 Å². The molecule has 0 fully saturated rings. The third-order valence-electron chi connectivity index (χ3n) is 4.02. The van der Waals surface area contributed by atoms with Crippen LogP contribution in [0.25, 0.3) is 0 Å². The van der Waals surface area contributed by atoms with E-state index < -0.39 is 0 Å². The molecule has 1 aliphatic carbocycles. The quantitative estimate of drug-likeness (QED) is 0.933. The van der Waals surface area contributed by atoms with Crippen molar-refractivity contribution in [3.63, 3.8) is 0 Å². The van der Waals surface area contributed by atoms with Gasteiger partial charge in [0.15, 0.2) is 0 Å². The SMILES string of the molecule is Cc1c(CNC2Cc3ccc(Cl)cc3C2)cnn1C. The molecule has 0 amide bonds. The maximum absolute atomic E-state index is 6.04. The lowest BCUT2D eigenvalue weighted by Crippen LogP contribution is -2.29. The number of fused-ring (bicyclic) bond motifs is 1. The highest BCUT2D eigenvalue weighted by molar-refractivity contribution is 6.30. The Bertz CT molecular complexity index is 603. The fourth-order valence-electron chi connectivity index (χ4n) is 2.70. The summed E-state index contributed by atoms with van der Waals surface area (Å²) in [6, 6.07) is 6.73. The van der Waals surface area contributed by atoms with Gasteiger partial charge in [0.25, 0.3) is 0 Å². The second-order valence-electron chi connectivity index (χ2n) is 5.28. The summed E-state index contributed by atoms with van der Waals surface area (Å²) in [7, 11) is 1.98. The summed E-state index contributed by atoms with van der Waals surface area (Å²) in [6.45, 7) is 2.99. The van der Waals surface area contributed by atoms with Gasteiger partial charge in [-0.15, -0.1) is 0 Å². The number of hydrogen-bond acceptors (Lipinski definition) is 2. The zero-order chi connectivity index (χ0) is 13.4. The number of hydrogen-bond donors (Lipinski definition) is 1. The van der Waals surface area contributed by atoms with Crippen molar-refractivity contribution in [2.24, 2.45) is 7.05 Å². The Morgan fingerprint density at radius 2 is 2.16 bits per heavy atom. The molecule has 1 aromatic carbocycles. The van der Waals surface area contributed by atoms with Gasteiger partial charge >= 0.3 is 0 Å². The average molecular weight is 276 g/mol. The van der Waals surface area contributed by atoms with Crippen LogP contribution >= 0.6 is 11.6 Å². The van der Waals surface area contributed by atoms with Crippen molar-refractivity contribution in [3.05, 3.63) is 51.8 Å². The van der Waals surface area contributed by atoms with Gasteiger partial charge in [0, 0.05) is 35.9 Å². The second kappa shape index (κ2) is 4.99. The van der Waals surface area contributed by atoms with Crippen LogP contribution in [0.15, 0.2) is 24.4 Å². The molecule has 0 radical (unpaired) electrons. The Kier molecular flexibility index (Phi) is 3.33. The van der Waals surface area contributed by atoms with Crippen molar-refractivity contribution in [1.82, 2.24) is 15.1 Å². The third kappa shape index (κ3) is 2.53. The summed E-state index contributed by atoms with van der Waals surface area (Å²) in [5.41, 5.74) is 5.31. The molecule has 19 heavy (non-hydrogen) atoms. The maximum atomic E-state index is 6.04. The summed E-state index contributed by atoms with van der Waals surface area (Å²) in [4.78, 5) is 0. The van der Waals surface area contributed by atoms with Crippen LogP contribution in [0.2, 0.25) is 5.02 Å². The van der Waals surface area contributed by atoms with Crippen molar-refractivity contribution in [2.45, 2.75) is 32.4 Å². The molecule has 0 spiro atoms. The first-order valence-electron chi connectivity index (χ1n) is 6.61. The van der Waals surface area contributed by atoms with E-state index in [1.165, 1.54) is 22.4 Å². The van der Waals surface area contributed by atoms with Crippen LogP contribution in [-0.4, -0.2) is 15.8 Å². The van der Waals surface area contributed by atoms with Crippen molar-refractivity contribution in [2.75, 3.05) is 0 Å². The molecule has 0 saturated carbocycles. The summed E-state index contributed by atoms with van der Waals surface area (Å²) in [5, 5.41) is 8.73. The van der Waals surface area contributed by atoms with Crippen molar-refractivity contribution >= 4 is 11.6 Å². The van der Waals surface area contributed by atoms with E-state index in [1.54, 1.807) is 0 Å². The first kappa shape index (κ1) is 12.7. The lowest BCUT2D eigenvalue weighted by atomic mass is 10.1. The van der Waals surface area contributed by atoms with Gasteiger partial charge in [-0.05, 0) is 43.0 Å². The lowest BCUT2D eigenvalue weighted by Gasteiger charge is -2.11. The molecule has 2 aromatic rings. The number of nitrogens with one attached hydrogen (secondary N) is 1. The zero-order valence-electron chi connectivity index (χ0n) is 11.3. The van der Waals surface area contributed by atoms with Crippen LogP contribution in [0.1, 0.15) is 22.4 Å². The predicted molar refractivity (Wildman–Crippen MR) is 77.4 cm³/mol. The Morgan fingerprint density at radius 3 is 2.89 bits per heavy atom. The molecule has 0 saturated heterocycles. The zero-order valence-corrected chi connectivity index (χ0v) is 12.0. The van der Waals surface area contributed by atoms with E-state index in [1.807, 2.05) is 24.0 Å². The van der Waals surface area contributed by atoms with Crippen LogP contribution < -0.4 is 5.32 Å². The van der Waals surface area contributed by atoms with Gasteiger partial charge in [0.1, 0.15) is 0 Å². The van der Waals surface area contributed by atoms with Crippen molar-refractivity contribution in [1.29, 1.82) is 0 Å². The van der Waals surface area contributed by atoms with Gasteiger partial charge < -0.3 is 5.32 Å². The van der Waals surface area contributed by atoms with Crippen LogP contribution in [-0.2, 0) is 26.4 Å². The molecule has 1 unspecified atom stereocenters. The van der Waals surface area contributed by atoms with Gasteiger partial charge in [-0.2, -0.15) is 5.10 Å². The molecular formula is C15H18ClN3. The highest BCUT2D eigenvalue weighted by Gasteiger charge is 2.21. The largest absolute Gasteiger partial charge is 0.309 e. The maximum Gasteiger partial charge on any atom is 0.0537 e. The second-order valence-corrected chi connectivity index (χ2v) is 5.71. The molecule has 0 bridgehead atoms. The van der Waals surface area contributed by atoms with E-state index in [-0.39, 0.29) is 0 Å². The summed E-state index contributed by atoms with van der Waals surface area (Å²) >= 11 is 6.04. The molecule has 3 nitrogen and oxygen atoms in total. The lowest BCUT2D eigenvalue weighted by molar-refractivity contribution is 0.531. The molecule has 1 aromatic heterocycles. The van der Waals surface area contributed by atoms with Crippen LogP contribution in [0.3, 0.4) is 0 Å². The first-order valence-corrected chi connectivity index (χ1v) is 6.99. The Labute approximate surface area is 118 Å². The minimum atomic E-state index is 0.507. The standard InChI is InChI=1S/C15H18ClN3/c1-10-13(9-18-19(10)2)8-17-15-6-11-3-4-14(16)5-12(11)7-15/h3-5,9,15,17H,6-8H2,1-2H3. The van der Waals surface area contributed by atoms with E-state index in [0.29, 0.717) is 6.04 Å². The van der Waals surface area contributed by atoms with Gasteiger partial charge in [0.2, 0.25) is 0 Å². The predicted octanol–water partition coefficient (Wildman–Crippen LogP) is 2.64. The minimum Gasteiger partial charge on any atom is -0.309 e. The van der Waals surface area contributed by atoms with Crippen LogP contribution in [0.4, 0.5) is 0 Å². The average Bonchev–Trinajstić information content (AvgIpc) is 2.92. The number of nitrogens with zero attached hydrogens (tertiary/aromatic N) is 2. The minimum absolute atomic E-state index is 0.507. The number of aromatic nitrogens is 2. The number of halogens is 1. The fourth-order valence-corrected chi connectivity index (χ4v) is 2.90.